The Kier molecular flexibility index (Phi) is 6.36. The molecule has 1 aromatic carbocycles. The number of carbonyl (C=O) groups is 2. The molecule has 5 nitrogen and oxygen atoms in total. The minimum absolute atomic E-state index is 0.0438. The number of nitrogens with one attached hydrogen (secondary N) is 1. The van der Waals surface area contributed by atoms with Gasteiger partial charge in [0.2, 0.25) is 11.8 Å². The zero-order valence-electron chi connectivity index (χ0n) is 13.1. The van der Waals surface area contributed by atoms with Gasteiger partial charge in [-0.3, -0.25) is 9.59 Å². The zero-order valence-corrected chi connectivity index (χ0v) is 13.9. The molecular formula is C16H21ClFN3O2. The van der Waals surface area contributed by atoms with Crippen molar-refractivity contribution in [3.8, 4) is 0 Å². The summed E-state index contributed by atoms with van der Waals surface area (Å²) < 4.78 is 13.7. The third kappa shape index (κ3) is 4.91. The molecule has 1 saturated heterocycles. The SMILES string of the molecule is CC(=O)N1CCN(C(=O)CCNCc2cccc(Cl)c2F)CC1. The first kappa shape index (κ1) is 17.7. The summed E-state index contributed by atoms with van der Waals surface area (Å²) in [5.41, 5.74) is 0.486. The fraction of sp³-hybridized carbons (Fsp3) is 0.500. The van der Waals surface area contributed by atoms with Crippen LogP contribution in [0.5, 0.6) is 0 Å². The second kappa shape index (κ2) is 8.26. The monoisotopic (exact) mass is 341 g/mol. The van der Waals surface area contributed by atoms with Gasteiger partial charge in [-0.15, -0.1) is 0 Å². The van der Waals surface area contributed by atoms with Crippen molar-refractivity contribution in [2.75, 3.05) is 32.7 Å². The molecular weight excluding hydrogens is 321 g/mol. The summed E-state index contributed by atoms with van der Waals surface area (Å²) in [6.07, 6.45) is 0.349. The summed E-state index contributed by atoms with van der Waals surface area (Å²) in [7, 11) is 0. The molecule has 0 aliphatic carbocycles. The molecule has 0 spiro atoms. The van der Waals surface area contributed by atoms with Gasteiger partial charge < -0.3 is 15.1 Å². The minimum atomic E-state index is -0.423. The highest BCUT2D eigenvalue weighted by molar-refractivity contribution is 6.30. The van der Waals surface area contributed by atoms with Crippen molar-refractivity contribution in [3.05, 3.63) is 34.6 Å². The Labute approximate surface area is 140 Å². The fourth-order valence-electron chi connectivity index (χ4n) is 2.53. The Hall–Kier alpha value is -1.66. The summed E-state index contributed by atoms with van der Waals surface area (Å²) in [4.78, 5) is 26.8. The molecule has 1 fully saturated rings. The van der Waals surface area contributed by atoms with E-state index in [1.807, 2.05) is 0 Å². The van der Waals surface area contributed by atoms with E-state index >= 15 is 0 Å². The van der Waals surface area contributed by atoms with Crippen LogP contribution < -0.4 is 5.32 Å². The Morgan fingerprint density at radius 2 is 1.87 bits per heavy atom. The lowest BCUT2D eigenvalue weighted by atomic mass is 10.2. The molecule has 2 rings (SSSR count). The molecule has 0 bridgehead atoms. The van der Waals surface area contributed by atoms with E-state index in [-0.39, 0.29) is 16.8 Å². The molecule has 0 saturated carbocycles. The first-order chi connectivity index (χ1) is 11.0. The highest BCUT2D eigenvalue weighted by atomic mass is 35.5. The third-order valence-electron chi connectivity index (χ3n) is 3.94. The van der Waals surface area contributed by atoms with Crippen LogP contribution in [0.15, 0.2) is 18.2 Å². The van der Waals surface area contributed by atoms with E-state index in [9.17, 15) is 14.0 Å². The van der Waals surface area contributed by atoms with Crippen molar-refractivity contribution in [2.45, 2.75) is 19.9 Å². The molecule has 1 aromatic rings. The summed E-state index contributed by atoms with van der Waals surface area (Å²) >= 11 is 5.72. The Morgan fingerprint density at radius 3 is 2.52 bits per heavy atom. The van der Waals surface area contributed by atoms with Gasteiger partial charge in [-0.2, -0.15) is 0 Å². The molecule has 7 heteroatoms. The number of benzene rings is 1. The van der Waals surface area contributed by atoms with E-state index in [1.165, 1.54) is 13.0 Å². The number of carbonyl (C=O) groups excluding carboxylic acids is 2. The van der Waals surface area contributed by atoms with Crippen LogP contribution in [-0.2, 0) is 16.1 Å². The molecule has 0 radical (unpaired) electrons. The first-order valence-corrected chi connectivity index (χ1v) is 8.03. The molecule has 2 amide bonds. The van der Waals surface area contributed by atoms with Crippen LogP contribution in [0, 0.1) is 5.82 Å². The largest absolute Gasteiger partial charge is 0.339 e. The van der Waals surface area contributed by atoms with Crippen molar-refractivity contribution in [1.29, 1.82) is 0 Å². The number of rotatable bonds is 5. The van der Waals surface area contributed by atoms with Crippen LogP contribution in [0.1, 0.15) is 18.9 Å². The first-order valence-electron chi connectivity index (χ1n) is 7.66. The molecule has 1 N–H and O–H groups in total. The molecule has 1 heterocycles. The fourth-order valence-corrected chi connectivity index (χ4v) is 2.73. The smallest absolute Gasteiger partial charge is 0.223 e. The van der Waals surface area contributed by atoms with E-state index in [4.69, 9.17) is 11.6 Å². The maximum atomic E-state index is 13.7. The van der Waals surface area contributed by atoms with Crippen molar-refractivity contribution >= 4 is 23.4 Å². The quantitative estimate of drug-likeness (QED) is 0.829. The predicted molar refractivity (Wildman–Crippen MR) is 86.6 cm³/mol. The van der Waals surface area contributed by atoms with Gasteiger partial charge in [-0.25, -0.2) is 4.39 Å². The number of hydrogen-bond donors (Lipinski definition) is 1. The third-order valence-corrected chi connectivity index (χ3v) is 4.23. The van der Waals surface area contributed by atoms with Crippen LogP contribution in [0.4, 0.5) is 4.39 Å². The van der Waals surface area contributed by atoms with Gasteiger partial charge in [0.1, 0.15) is 5.82 Å². The van der Waals surface area contributed by atoms with Gasteiger partial charge >= 0.3 is 0 Å². The summed E-state index contributed by atoms with van der Waals surface area (Å²) in [5, 5.41) is 3.16. The van der Waals surface area contributed by atoms with Crippen LogP contribution >= 0.6 is 11.6 Å². The van der Waals surface area contributed by atoms with Crippen molar-refractivity contribution in [1.82, 2.24) is 15.1 Å². The van der Waals surface area contributed by atoms with Crippen molar-refractivity contribution in [2.24, 2.45) is 0 Å². The molecule has 0 unspecified atom stereocenters. The average Bonchev–Trinajstić information content (AvgIpc) is 2.55. The zero-order chi connectivity index (χ0) is 16.8. The second-order valence-corrected chi connectivity index (χ2v) is 5.93. The van der Waals surface area contributed by atoms with Crippen LogP contribution in [-0.4, -0.2) is 54.3 Å². The molecule has 126 valence electrons. The molecule has 0 atom stereocenters. The van der Waals surface area contributed by atoms with E-state index in [2.05, 4.69) is 5.32 Å². The van der Waals surface area contributed by atoms with Crippen LogP contribution in [0.3, 0.4) is 0 Å². The minimum Gasteiger partial charge on any atom is -0.339 e. The van der Waals surface area contributed by atoms with Gasteiger partial charge in [-0.05, 0) is 6.07 Å². The molecule has 1 aliphatic rings. The van der Waals surface area contributed by atoms with Crippen LogP contribution in [0.2, 0.25) is 5.02 Å². The maximum absolute atomic E-state index is 13.7. The van der Waals surface area contributed by atoms with Gasteiger partial charge in [-0.1, -0.05) is 23.7 Å². The number of hydrogen-bond acceptors (Lipinski definition) is 3. The van der Waals surface area contributed by atoms with Gasteiger partial charge in [0.15, 0.2) is 0 Å². The lowest BCUT2D eigenvalue weighted by Gasteiger charge is -2.34. The van der Waals surface area contributed by atoms with Gasteiger partial charge in [0.25, 0.3) is 0 Å². The normalized spacial score (nSPS) is 14.9. The number of piperazine rings is 1. The van der Waals surface area contributed by atoms with Gasteiger partial charge in [0, 0.05) is 58.2 Å². The Morgan fingerprint density at radius 1 is 1.22 bits per heavy atom. The Bertz CT molecular complexity index is 574. The van der Waals surface area contributed by atoms with E-state index in [0.29, 0.717) is 51.3 Å². The highest BCUT2D eigenvalue weighted by Gasteiger charge is 2.21. The predicted octanol–water partition coefficient (Wildman–Crippen LogP) is 1.65. The summed E-state index contributed by atoms with van der Waals surface area (Å²) in [6.45, 7) is 4.65. The van der Waals surface area contributed by atoms with Crippen LogP contribution in [0.25, 0.3) is 0 Å². The lowest BCUT2D eigenvalue weighted by Crippen LogP contribution is -2.50. The number of amides is 2. The van der Waals surface area contributed by atoms with E-state index in [1.54, 1.807) is 21.9 Å². The average molecular weight is 342 g/mol. The maximum Gasteiger partial charge on any atom is 0.223 e. The molecule has 1 aliphatic heterocycles. The second-order valence-electron chi connectivity index (χ2n) is 5.53. The molecule has 0 aromatic heterocycles. The van der Waals surface area contributed by atoms with Crippen molar-refractivity contribution in [3.63, 3.8) is 0 Å². The number of halogens is 2. The number of nitrogens with zero attached hydrogens (tertiary/aromatic N) is 2. The summed E-state index contributed by atoms with van der Waals surface area (Å²) in [5.74, 6) is -0.331. The molecule has 23 heavy (non-hydrogen) atoms. The Balaban J connectivity index is 1.69. The standard InChI is InChI=1S/C16H21ClFN3O2/c1-12(22)20-7-9-21(10-8-20)15(23)5-6-19-11-13-3-2-4-14(17)16(13)18/h2-4,19H,5-11H2,1H3. The van der Waals surface area contributed by atoms with E-state index < -0.39 is 5.82 Å². The summed E-state index contributed by atoms with van der Waals surface area (Å²) in [6, 6.07) is 4.86. The van der Waals surface area contributed by atoms with Gasteiger partial charge in [0.05, 0.1) is 5.02 Å². The lowest BCUT2D eigenvalue weighted by molar-refractivity contribution is -0.138. The van der Waals surface area contributed by atoms with E-state index in [0.717, 1.165) is 0 Å². The topological polar surface area (TPSA) is 52.7 Å². The van der Waals surface area contributed by atoms with Crippen molar-refractivity contribution < 1.29 is 14.0 Å². The highest BCUT2D eigenvalue weighted by Crippen LogP contribution is 2.17.